The Balaban J connectivity index is 1.64. The number of rotatable bonds is 9. The van der Waals surface area contributed by atoms with Gasteiger partial charge in [-0.2, -0.15) is 0 Å². The number of nitrogens with zero attached hydrogens (tertiary/aromatic N) is 8. The minimum atomic E-state index is -0.832. The molecule has 16 heteroatoms. The van der Waals surface area contributed by atoms with Crippen LogP contribution in [-0.4, -0.2) is 45.2 Å². The second-order valence-electron chi connectivity index (χ2n) is 6.48. The van der Waals surface area contributed by atoms with Crippen LogP contribution in [-0.2, 0) is 19.6 Å². The zero-order valence-corrected chi connectivity index (χ0v) is 16.4. The van der Waals surface area contributed by atoms with Gasteiger partial charge in [-0.1, -0.05) is 5.21 Å². The van der Waals surface area contributed by atoms with E-state index in [1.807, 2.05) is 0 Å². The lowest BCUT2D eigenvalue weighted by atomic mass is 10.1. The molecule has 0 saturated heterocycles. The number of carbonyl (C=O) groups is 1. The van der Waals surface area contributed by atoms with Crippen molar-refractivity contribution in [2.75, 3.05) is 0 Å². The zero-order chi connectivity index (χ0) is 23.4. The summed E-state index contributed by atoms with van der Waals surface area (Å²) in [7, 11) is 0. The molecule has 2 heterocycles. The van der Waals surface area contributed by atoms with Gasteiger partial charge in [-0.3, -0.25) is 25.0 Å². The number of carbonyl (C=O) groups excluding carboxylic acids is 1. The second-order valence-corrected chi connectivity index (χ2v) is 6.48. The normalized spacial score (nSPS) is 10.7. The van der Waals surface area contributed by atoms with Crippen molar-refractivity contribution >= 4 is 23.1 Å². The fraction of sp³-hybridized carbons (Fsp3) is 0.250. The monoisotopic (exact) mass is 445 g/mol. The number of amides is 1. The molecule has 0 atom stereocenters. The summed E-state index contributed by atoms with van der Waals surface area (Å²) >= 11 is 0. The highest BCUT2D eigenvalue weighted by Crippen LogP contribution is 2.22. The van der Waals surface area contributed by atoms with Gasteiger partial charge >= 0.3 is 5.82 Å². The third kappa shape index (κ3) is 4.86. The van der Waals surface area contributed by atoms with Gasteiger partial charge in [-0.15, -0.1) is 5.10 Å². The Kier molecular flexibility index (Phi) is 6.13. The lowest BCUT2D eigenvalue weighted by molar-refractivity contribution is -0.394. The van der Waals surface area contributed by atoms with E-state index in [0.717, 1.165) is 24.4 Å². The number of non-ortho nitro benzene ring substituents is 2. The maximum Gasteiger partial charge on any atom is 0.342 e. The van der Waals surface area contributed by atoms with E-state index < -0.39 is 32.1 Å². The number of aryl methyl sites for hydroxylation is 2. The summed E-state index contributed by atoms with van der Waals surface area (Å²) in [6.07, 6.45) is 2.67. The van der Waals surface area contributed by atoms with E-state index in [-0.39, 0.29) is 31.0 Å². The summed E-state index contributed by atoms with van der Waals surface area (Å²) in [5.74, 6) is -0.451. The van der Waals surface area contributed by atoms with Crippen LogP contribution in [0.1, 0.15) is 21.9 Å². The molecule has 0 unspecified atom stereocenters. The first-order valence-electron chi connectivity index (χ1n) is 8.93. The van der Waals surface area contributed by atoms with Gasteiger partial charge in [-0.05, 0) is 4.92 Å². The highest BCUT2D eigenvalue weighted by molar-refractivity contribution is 5.95. The molecule has 0 aliphatic carbocycles. The minimum Gasteiger partial charge on any atom is -0.358 e. The Hall–Kier alpha value is -4.76. The number of hydrogen-bond donors (Lipinski definition) is 1. The number of nitro benzene ring substituents is 2. The Bertz CT molecular complexity index is 1180. The molecule has 1 aromatic carbocycles. The van der Waals surface area contributed by atoms with Crippen molar-refractivity contribution in [2.24, 2.45) is 0 Å². The van der Waals surface area contributed by atoms with E-state index in [0.29, 0.717) is 11.5 Å². The summed E-state index contributed by atoms with van der Waals surface area (Å²) in [6.45, 7) is 2.00. The van der Waals surface area contributed by atoms with Crippen LogP contribution in [0.2, 0.25) is 0 Å². The maximum atomic E-state index is 12.3. The van der Waals surface area contributed by atoms with Gasteiger partial charge in [0.1, 0.15) is 18.4 Å². The van der Waals surface area contributed by atoms with E-state index in [2.05, 4.69) is 20.6 Å². The van der Waals surface area contributed by atoms with Crippen LogP contribution in [0.25, 0.3) is 0 Å². The summed E-state index contributed by atoms with van der Waals surface area (Å²) < 4.78 is 2.83. The van der Waals surface area contributed by atoms with E-state index in [9.17, 15) is 35.1 Å². The van der Waals surface area contributed by atoms with Crippen molar-refractivity contribution in [3.63, 3.8) is 0 Å². The molecule has 3 aromatic rings. The van der Waals surface area contributed by atoms with Crippen LogP contribution >= 0.6 is 0 Å². The van der Waals surface area contributed by atoms with Crippen molar-refractivity contribution in [2.45, 2.75) is 26.6 Å². The molecular weight excluding hydrogens is 430 g/mol. The molecule has 16 nitrogen and oxygen atoms in total. The standard InChI is InChI=1S/C16H15N9O7/c1-10-17-8-15(25(31)32)22(10)3-2-21-9-12(19-20-21)7-18-16(26)11-4-13(23(27)28)6-14(5-11)24(29)30/h4-6,8-9H,2-3,7H2,1H3,(H,18,26). The van der Waals surface area contributed by atoms with Gasteiger partial charge < -0.3 is 15.4 Å². The average molecular weight is 445 g/mol. The molecule has 0 spiro atoms. The third-order valence-electron chi connectivity index (χ3n) is 4.38. The smallest absolute Gasteiger partial charge is 0.342 e. The third-order valence-corrected chi connectivity index (χ3v) is 4.38. The lowest BCUT2D eigenvalue weighted by Crippen LogP contribution is -2.23. The summed E-state index contributed by atoms with van der Waals surface area (Å²) in [5.41, 5.74) is -1.07. The largest absolute Gasteiger partial charge is 0.358 e. The van der Waals surface area contributed by atoms with Crippen LogP contribution < -0.4 is 5.32 Å². The molecular formula is C16H15N9O7. The Morgan fingerprint density at radius 2 is 1.69 bits per heavy atom. The molecule has 0 radical (unpaired) electrons. The van der Waals surface area contributed by atoms with E-state index >= 15 is 0 Å². The molecule has 0 saturated carbocycles. The SMILES string of the molecule is Cc1ncc([N+](=O)[O-])n1CCn1cc(CNC(=O)c2cc([N+](=O)[O-])cc([N+](=O)[O-])c2)nn1. The van der Waals surface area contributed by atoms with Crippen LogP contribution in [0.15, 0.2) is 30.6 Å². The molecule has 0 aliphatic heterocycles. The number of benzene rings is 1. The van der Waals surface area contributed by atoms with Gasteiger partial charge in [0, 0.05) is 19.1 Å². The van der Waals surface area contributed by atoms with Crippen molar-refractivity contribution < 1.29 is 19.6 Å². The van der Waals surface area contributed by atoms with Gasteiger partial charge in [0.25, 0.3) is 17.3 Å². The predicted octanol–water partition coefficient (Wildman–Crippen LogP) is 1.14. The number of nitrogens with one attached hydrogen (secondary N) is 1. The molecule has 2 aromatic heterocycles. The first-order valence-corrected chi connectivity index (χ1v) is 8.93. The van der Waals surface area contributed by atoms with Crippen molar-refractivity contribution in [3.05, 3.63) is 78.0 Å². The molecule has 1 N–H and O–H groups in total. The van der Waals surface area contributed by atoms with Gasteiger partial charge in [0.2, 0.25) is 0 Å². The number of nitro groups is 3. The van der Waals surface area contributed by atoms with Gasteiger partial charge in [0.15, 0.2) is 5.82 Å². The summed E-state index contributed by atoms with van der Waals surface area (Å²) in [5, 5.41) is 43.1. The van der Waals surface area contributed by atoms with Gasteiger partial charge in [-0.25, -0.2) is 14.2 Å². The minimum absolute atomic E-state index is 0.0976. The molecule has 3 rings (SSSR count). The van der Waals surface area contributed by atoms with Crippen molar-refractivity contribution in [1.82, 2.24) is 29.9 Å². The molecule has 0 fully saturated rings. The number of imidazole rings is 1. The topological polar surface area (TPSA) is 207 Å². The van der Waals surface area contributed by atoms with E-state index in [4.69, 9.17) is 0 Å². The van der Waals surface area contributed by atoms with E-state index in [1.165, 1.54) is 15.4 Å². The quantitative estimate of drug-likeness (QED) is 0.367. The molecule has 32 heavy (non-hydrogen) atoms. The van der Waals surface area contributed by atoms with Crippen LogP contribution in [0.4, 0.5) is 17.2 Å². The van der Waals surface area contributed by atoms with Crippen molar-refractivity contribution in [1.29, 1.82) is 0 Å². The van der Waals surface area contributed by atoms with E-state index in [1.54, 1.807) is 6.92 Å². The molecule has 166 valence electrons. The first kappa shape index (κ1) is 21.9. The number of hydrogen-bond acceptors (Lipinski definition) is 10. The Morgan fingerprint density at radius 1 is 1.03 bits per heavy atom. The predicted molar refractivity (Wildman–Crippen MR) is 105 cm³/mol. The number of aromatic nitrogens is 5. The molecule has 1 amide bonds. The lowest BCUT2D eigenvalue weighted by Gasteiger charge is -2.04. The Labute approximate surface area is 177 Å². The Morgan fingerprint density at radius 3 is 2.28 bits per heavy atom. The fourth-order valence-corrected chi connectivity index (χ4v) is 2.82. The highest BCUT2D eigenvalue weighted by Gasteiger charge is 2.20. The van der Waals surface area contributed by atoms with Crippen molar-refractivity contribution in [3.8, 4) is 0 Å². The average Bonchev–Trinajstić information content (AvgIpc) is 3.36. The van der Waals surface area contributed by atoms with Crippen LogP contribution in [0, 0.1) is 37.3 Å². The van der Waals surface area contributed by atoms with Crippen LogP contribution in [0.5, 0.6) is 0 Å². The molecule has 0 bridgehead atoms. The fourth-order valence-electron chi connectivity index (χ4n) is 2.82. The summed E-state index contributed by atoms with van der Waals surface area (Å²) in [4.78, 5) is 46.9. The van der Waals surface area contributed by atoms with Crippen LogP contribution in [0.3, 0.4) is 0 Å². The second kappa shape index (κ2) is 8.94. The highest BCUT2D eigenvalue weighted by atomic mass is 16.6. The zero-order valence-electron chi connectivity index (χ0n) is 16.4. The van der Waals surface area contributed by atoms with Gasteiger partial charge in [0.05, 0.1) is 40.8 Å². The summed E-state index contributed by atoms with van der Waals surface area (Å²) in [6, 6.07) is 2.62. The molecule has 0 aliphatic rings. The maximum absolute atomic E-state index is 12.3. The first-order chi connectivity index (χ1) is 15.2.